The van der Waals surface area contributed by atoms with Crippen molar-refractivity contribution in [2.75, 3.05) is 0 Å². The molecule has 1 aliphatic carbocycles. The Hall–Kier alpha value is -0.830. The topological polar surface area (TPSA) is 38.0 Å². The van der Waals surface area contributed by atoms with Gasteiger partial charge in [-0.3, -0.25) is 4.68 Å². The molecule has 0 spiro atoms. The van der Waals surface area contributed by atoms with Gasteiger partial charge in [-0.15, -0.1) is 0 Å². The first-order chi connectivity index (χ1) is 8.81. The molecule has 1 saturated carbocycles. The van der Waals surface area contributed by atoms with Gasteiger partial charge >= 0.3 is 0 Å². The Morgan fingerprint density at radius 1 is 1.11 bits per heavy atom. The molecule has 0 aliphatic heterocycles. The molecule has 0 amide bonds. The minimum Gasteiger partial charge on any atom is -0.392 e. The predicted molar refractivity (Wildman–Crippen MR) is 73.6 cm³/mol. The van der Waals surface area contributed by atoms with Gasteiger partial charge in [-0.05, 0) is 25.7 Å². The van der Waals surface area contributed by atoms with Gasteiger partial charge < -0.3 is 5.11 Å². The van der Waals surface area contributed by atoms with Crippen molar-refractivity contribution in [2.45, 2.75) is 77.9 Å². The zero-order chi connectivity index (χ0) is 13.0. The van der Waals surface area contributed by atoms with E-state index < -0.39 is 0 Å². The number of nitrogens with zero attached hydrogens (tertiary/aromatic N) is 2. The molecule has 1 heterocycles. The van der Waals surface area contributed by atoms with Crippen LogP contribution in [0.2, 0.25) is 0 Å². The quantitative estimate of drug-likeness (QED) is 0.832. The fraction of sp³-hybridized carbons (Fsp3) is 0.800. The van der Waals surface area contributed by atoms with E-state index in [0.29, 0.717) is 6.04 Å². The van der Waals surface area contributed by atoms with Crippen LogP contribution >= 0.6 is 0 Å². The third-order valence-corrected chi connectivity index (χ3v) is 4.20. The number of rotatable bonds is 4. The first-order valence-electron chi connectivity index (χ1n) is 7.51. The zero-order valence-corrected chi connectivity index (χ0v) is 11.8. The number of aryl methyl sites for hydroxylation is 1. The molecule has 0 atom stereocenters. The monoisotopic (exact) mass is 250 g/mol. The molecule has 0 aromatic carbocycles. The van der Waals surface area contributed by atoms with Crippen LogP contribution in [0.3, 0.4) is 0 Å². The Morgan fingerprint density at radius 3 is 2.28 bits per heavy atom. The Morgan fingerprint density at radius 2 is 1.78 bits per heavy atom. The van der Waals surface area contributed by atoms with Crippen molar-refractivity contribution in [3.63, 3.8) is 0 Å². The maximum absolute atomic E-state index is 9.58. The minimum atomic E-state index is 0.138. The molecular formula is C15H26N2O. The summed E-state index contributed by atoms with van der Waals surface area (Å²) in [6.45, 7) is 4.43. The lowest BCUT2D eigenvalue weighted by atomic mass is 10.1. The van der Waals surface area contributed by atoms with Gasteiger partial charge in [0, 0.05) is 11.3 Å². The summed E-state index contributed by atoms with van der Waals surface area (Å²) >= 11 is 0. The molecule has 0 bridgehead atoms. The van der Waals surface area contributed by atoms with Gasteiger partial charge in [-0.1, -0.05) is 39.5 Å². The van der Waals surface area contributed by atoms with E-state index in [2.05, 4.69) is 18.5 Å². The molecule has 18 heavy (non-hydrogen) atoms. The molecule has 1 aromatic heterocycles. The second-order valence-electron chi connectivity index (χ2n) is 5.33. The van der Waals surface area contributed by atoms with Crippen molar-refractivity contribution in [2.24, 2.45) is 0 Å². The van der Waals surface area contributed by atoms with E-state index in [-0.39, 0.29) is 6.61 Å². The van der Waals surface area contributed by atoms with Gasteiger partial charge in [0.25, 0.3) is 0 Å². The van der Waals surface area contributed by atoms with E-state index in [1.807, 2.05) is 0 Å². The zero-order valence-electron chi connectivity index (χ0n) is 11.8. The van der Waals surface area contributed by atoms with Crippen LogP contribution in [0.15, 0.2) is 0 Å². The number of aromatic nitrogens is 2. The summed E-state index contributed by atoms with van der Waals surface area (Å²) in [5, 5.41) is 14.4. The summed E-state index contributed by atoms with van der Waals surface area (Å²) < 4.78 is 2.25. The smallest absolute Gasteiger partial charge is 0.0718 e. The number of hydrogen-bond donors (Lipinski definition) is 1. The normalized spacial score (nSPS) is 17.9. The maximum Gasteiger partial charge on any atom is 0.0718 e. The predicted octanol–water partition coefficient (Wildman–Crippen LogP) is 3.40. The van der Waals surface area contributed by atoms with Crippen LogP contribution < -0.4 is 0 Å². The van der Waals surface area contributed by atoms with Gasteiger partial charge in [-0.2, -0.15) is 5.10 Å². The highest BCUT2D eigenvalue weighted by atomic mass is 16.3. The first kappa shape index (κ1) is 13.6. The van der Waals surface area contributed by atoms with E-state index in [4.69, 9.17) is 5.10 Å². The molecule has 1 N–H and O–H groups in total. The largest absolute Gasteiger partial charge is 0.392 e. The molecular weight excluding hydrogens is 224 g/mol. The minimum absolute atomic E-state index is 0.138. The third kappa shape index (κ3) is 2.61. The number of aliphatic hydroxyl groups excluding tert-OH is 1. The van der Waals surface area contributed by atoms with Crippen LogP contribution in [-0.4, -0.2) is 14.9 Å². The summed E-state index contributed by atoms with van der Waals surface area (Å²) in [4.78, 5) is 0. The number of hydrogen-bond acceptors (Lipinski definition) is 2. The van der Waals surface area contributed by atoms with E-state index in [1.165, 1.54) is 44.2 Å². The van der Waals surface area contributed by atoms with Gasteiger partial charge in [0.05, 0.1) is 18.3 Å². The average Bonchev–Trinajstić information content (AvgIpc) is 2.57. The standard InChI is InChI=1S/C15H26N2O/c1-3-14-13(11-18)15(4-2)17(16-14)12-9-7-5-6-8-10-12/h12,18H,3-11H2,1-2H3. The van der Waals surface area contributed by atoms with Gasteiger partial charge in [-0.25, -0.2) is 0 Å². The van der Waals surface area contributed by atoms with E-state index in [0.717, 1.165) is 24.1 Å². The maximum atomic E-state index is 9.58. The van der Waals surface area contributed by atoms with Crippen LogP contribution in [0.5, 0.6) is 0 Å². The van der Waals surface area contributed by atoms with Gasteiger partial charge in [0.1, 0.15) is 0 Å². The Kier molecular flexibility index (Phi) is 4.81. The molecule has 0 radical (unpaired) electrons. The lowest BCUT2D eigenvalue weighted by molar-refractivity contribution is 0.278. The van der Waals surface area contributed by atoms with E-state index in [9.17, 15) is 5.11 Å². The molecule has 1 fully saturated rings. The molecule has 3 heteroatoms. The summed E-state index contributed by atoms with van der Waals surface area (Å²) in [7, 11) is 0. The van der Waals surface area contributed by atoms with Gasteiger partial charge in [0.2, 0.25) is 0 Å². The second-order valence-corrected chi connectivity index (χ2v) is 5.33. The van der Waals surface area contributed by atoms with Crippen molar-refractivity contribution in [1.29, 1.82) is 0 Å². The molecule has 1 aliphatic rings. The molecule has 102 valence electrons. The van der Waals surface area contributed by atoms with Crippen molar-refractivity contribution in [3.05, 3.63) is 17.0 Å². The van der Waals surface area contributed by atoms with Gasteiger partial charge in [0.15, 0.2) is 0 Å². The highest BCUT2D eigenvalue weighted by Crippen LogP contribution is 2.30. The fourth-order valence-electron chi connectivity index (χ4n) is 3.20. The van der Waals surface area contributed by atoms with Crippen LogP contribution in [0, 0.1) is 0 Å². The van der Waals surface area contributed by atoms with Crippen molar-refractivity contribution >= 4 is 0 Å². The Labute approximate surface area is 110 Å². The fourth-order valence-corrected chi connectivity index (χ4v) is 3.20. The first-order valence-corrected chi connectivity index (χ1v) is 7.51. The Bertz CT molecular complexity index is 376. The molecule has 0 saturated heterocycles. The van der Waals surface area contributed by atoms with Crippen LogP contribution in [0.25, 0.3) is 0 Å². The van der Waals surface area contributed by atoms with E-state index >= 15 is 0 Å². The van der Waals surface area contributed by atoms with Crippen molar-refractivity contribution < 1.29 is 5.11 Å². The summed E-state index contributed by atoms with van der Waals surface area (Å²) in [5.41, 5.74) is 3.45. The van der Waals surface area contributed by atoms with Crippen molar-refractivity contribution in [1.82, 2.24) is 9.78 Å². The van der Waals surface area contributed by atoms with Crippen LogP contribution in [-0.2, 0) is 19.4 Å². The summed E-state index contributed by atoms with van der Waals surface area (Å²) in [5.74, 6) is 0. The SMILES string of the molecule is CCc1nn(C2CCCCCC2)c(CC)c1CO. The summed E-state index contributed by atoms with van der Waals surface area (Å²) in [6, 6.07) is 0.563. The molecule has 0 unspecified atom stereocenters. The molecule has 2 rings (SSSR count). The Balaban J connectivity index is 2.32. The lowest BCUT2D eigenvalue weighted by Crippen LogP contribution is -2.13. The van der Waals surface area contributed by atoms with Crippen LogP contribution in [0.1, 0.15) is 75.4 Å². The average molecular weight is 250 g/mol. The second kappa shape index (κ2) is 6.37. The van der Waals surface area contributed by atoms with Crippen molar-refractivity contribution in [3.8, 4) is 0 Å². The highest BCUT2D eigenvalue weighted by molar-refractivity contribution is 5.26. The van der Waals surface area contributed by atoms with E-state index in [1.54, 1.807) is 0 Å². The molecule has 1 aromatic rings. The third-order valence-electron chi connectivity index (χ3n) is 4.20. The van der Waals surface area contributed by atoms with Crippen LogP contribution in [0.4, 0.5) is 0 Å². The summed E-state index contributed by atoms with van der Waals surface area (Å²) in [6.07, 6.45) is 9.78. The number of aliphatic hydroxyl groups is 1. The highest BCUT2D eigenvalue weighted by Gasteiger charge is 2.21. The molecule has 3 nitrogen and oxygen atoms in total. The lowest BCUT2D eigenvalue weighted by Gasteiger charge is -2.18.